The van der Waals surface area contributed by atoms with Crippen LogP contribution in [0, 0.1) is 0 Å². The monoisotopic (exact) mass is 230 g/mol. The highest BCUT2D eigenvalue weighted by Gasteiger charge is 2.30. The number of hydrogen-bond donors (Lipinski definition) is 3. The van der Waals surface area contributed by atoms with E-state index in [4.69, 9.17) is 5.11 Å². The maximum absolute atomic E-state index is 10.7. The Kier molecular flexibility index (Phi) is 4.70. The fourth-order valence-corrected chi connectivity index (χ4v) is 1.87. The average molecular weight is 230 g/mol. The zero-order chi connectivity index (χ0) is 12.2. The SMILES string of the molecule is CC(CN1CCCC1)NCC(C)(O)C(=O)O. The first-order valence-electron chi connectivity index (χ1n) is 5.83. The van der Waals surface area contributed by atoms with Gasteiger partial charge in [-0.1, -0.05) is 0 Å². The third kappa shape index (κ3) is 4.08. The van der Waals surface area contributed by atoms with Crippen LogP contribution < -0.4 is 5.32 Å². The predicted octanol–water partition coefficient (Wildman–Crippen LogP) is -0.104. The standard InChI is InChI=1S/C11H22N2O3/c1-9(7-13-5-3-4-6-13)12-8-11(2,16)10(14)15/h9,12,16H,3-8H2,1-2H3,(H,14,15). The molecule has 2 atom stereocenters. The van der Waals surface area contributed by atoms with Crippen LogP contribution >= 0.6 is 0 Å². The molecule has 5 heteroatoms. The van der Waals surface area contributed by atoms with Crippen LogP contribution in [0.3, 0.4) is 0 Å². The first-order chi connectivity index (χ1) is 7.42. The van der Waals surface area contributed by atoms with Gasteiger partial charge in [-0.05, 0) is 39.8 Å². The molecule has 3 N–H and O–H groups in total. The maximum Gasteiger partial charge on any atom is 0.336 e. The van der Waals surface area contributed by atoms with E-state index in [-0.39, 0.29) is 12.6 Å². The van der Waals surface area contributed by atoms with Crippen molar-refractivity contribution in [2.75, 3.05) is 26.2 Å². The topological polar surface area (TPSA) is 72.8 Å². The van der Waals surface area contributed by atoms with Crippen molar-refractivity contribution < 1.29 is 15.0 Å². The molecule has 0 bridgehead atoms. The van der Waals surface area contributed by atoms with Crippen LogP contribution in [0.15, 0.2) is 0 Å². The maximum atomic E-state index is 10.7. The van der Waals surface area contributed by atoms with Crippen molar-refractivity contribution in [1.29, 1.82) is 0 Å². The van der Waals surface area contributed by atoms with Crippen LogP contribution in [0.5, 0.6) is 0 Å². The van der Waals surface area contributed by atoms with Crippen molar-refractivity contribution >= 4 is 5.97 Å². The number of carboxylic acids is 1. The molecule has 0 aromatic carbocycles. The zero-order valence-corrected chi connectivity index (χ0v) is 10.1. The number of hydrogen-bond acceptors (Lipinski definition) is 4. The minimum atomic E-state index is -1.68. The summed E-state index contributed by atoms with van der Waals surface area (Å²) < 4.78 is 0. The van der Waals surface area contributed by atoms with Crippen LogP contribution in [-0.4, -0.2) is 58.9 Å². The number of aliphatic hydroxyl groups is 1. The van der Waals surface area contributed by atoms with Gasteiger partial charge in [-0.25, -0.2) is 4.79 Å². The van der Waals surface area contributed by atoms with Gasteiger partial charge in [-0.3, -0.25) is 0 Å². The second-order valence-electron chi connectivity index (χ2n) is 4.87. The molecule has 0 spiro atoms. The van der Waals surface area contributed by atoms with Crippen molar-refractivity contribution in [1.82, 2.24) is 10.2 Å². The third-order valence-corrected chi connectivity index (χ3v) is 2.99. The molecule has 0 aromatic heterocycles. The van der Waals surface area contributed by atoms with Crippen molar-refractivity contribution in [3.8, 4) is 0 Å². The molecule has 1 fully saturated rings. The fourth-order valence-electron chi connectivity index (χ4n) is 1.87. The highest BCUT2D eigenvalue weighted by molar-refractivity contribution is 5.76. The van der Waals surface area contributed by atoms with E-state index in [1.165, 1.54) is 19.8 Å². The first kappa shape index (κ1) is 13.4. The Morgan fingerprint density at radius 3 is 2.56 bits per heavy atom. The summed E-state index contributed by atoms with van der Waals surface area (Å²) in [6, 6.07) is 0.198. The van der Waals surface area contributed by atoms with E-state index in [0.717, 1.165) is 19.6 Å². The van der Waals surface area contributed by atoms with Crippen molar-refractivity contribution in [3.63, 3.8) is 0 Å². The number of carbonyl (C=O) groups is 1. The van der Waals surface area contributed by atoms with Crippen molar-refractivity contribution in [2.45, 2.75) is 38.3 Å². The molecule has 0 amide bonds. The Hall–Kier alpha value is -0.650. The van der Waals surface area contributed by atoms with Gasteiger partial charge in [0, 0.05) is 19.1 Å². The number of nitrogens with zero attached hydrogens (tertiary/aromatic N) is 1. The van der Waals surface area contributed by atoms with E-state index in [9.17, 15) is 9.90 Å². The Morgan fingerprint density at radius 2 is 2.06 bits per heavy atom. The summed E-state index contributed by atoms with van der Waals surface area (Å²) in [4.78, 5) is 13.0. The molecule has 94 valence electrons. The Morgan fingerprint density at radius 1 is 1.50 bits per heavy atom. The second-order valence-corrected chi connectivity index (χ2v) is 4.87. The number of carboxylic acid groups (broad SMARTS) is 1. The molecule has 0 aromatic rings. The molecule has 0 saturated carbocycles. The van der Waals surface area contributed by atoms with Gasteiger partial charge < -0.3 is 20.4 Å². The van der Waals surface area contributed by atoms with E-state index < -0.39 is 11.6 Å². The Balaban J connectivity index is 2.23. The summed E-state index contributed by atoms with van der Waals surface area (Å²) in [6.45, 7) is 6.57. The van der Waals surface area contributed by atoms with E-state index >= 15 is 0 Å². The summed E-state index contributed by atoms with van der Waals surface area (Å²) >= 11 is 0. The van der Waals surface area contributed by atoms with E-state index in [2.05, 4.69) is 10.2 Å². The van der Waals surface area contributed by atoms with E-state index in [0.29, 0.717) is 0 Å². The van der Waals surface area contributed by atoms with E-state index in [1.807, 2.05) is 6.92 Å². The van der Waals surface area contributed by atoms with Gasteiger partial charge in [0.25, 0.3) is 0 Å². The minimum absolute atomic E-state index is 0.0807. The fraction of sp³-hybridized carbons (Fsp3) is 0.909. The minimum Gasteiger partial charge on any atom is -0.479 e. The van der Waals surface area contributed by atoms with Gasteiger partial charge in [-0.2, -0.15) is 0 Å². The quantitative estimate of drug-likeness (QED) is 0.594. The molecule has 2 unspecified atom stereocenters. The summed E-state index contributed by atoms with van der Waals surface area (Å²) in [7, 11) is 0. The largest absolute Gasteiger partial charge is 0.479 e. The number of rotatable bonds is 6. The zero-order valence-electron chi connectivity index (χ0n) is 10.1. The average Bonchev–Trinajstić information content (AvgIpc) is 2.67. The molecular weight excluding hydrogens is 208 g/mol. The van der Waals surface area contributed by atoms with Gasteiger partial charge >= 0.3 is 5.97 Å². The molecule has 1 aliphatic heterocycles. The lowest BCUT2D eigenvalue weighted by atomic mass is 10.1. The lowest BCUT2D eigenvalue weighted by Gasteiger charge is -2.25. The molecule has 5 nitrogen and oxygen atoms in total. The molecule has 16 heavy (non-hydrogen) atoms. The van der Waals surface area contributed by atoms with Crippen molar-refractivity contribution in [3.05, 3.63) is 0 Å². The second kappa shape index (κ2) is 5.61. The predicted molar refractivity (Wildman–Crippen MR) is 61.4 cm³/mol. The Bertz CT molecular complexity index is 237. The highest BCUT2D eigenvalue weighted by Crippen LogP contribution is 2.08. The van der Waals surface area contributed by atoms with Crippen LogP contribution in [0.25, 0.3) is 0 Å². The lowest BCUT2D eigenvalue weighted by Crippen LogP contribution is -2.49. The van der Waals surface area contributed by atoms with Gasteiger partial charge in [0.05, 0.1) is 0 Å². The molecule has 1 heterocycles. The summed E-state index contributed by atoms with van der Waals surface area (Å²) in [5, 5.41) is 21.3. The third-order valence-electron chi connectivity index (χ3n) is 2.99. The van der Waals surface area contributed by atoms with Gasteiger partial charge in [-0.15, -0.1) is 0 Å². The van der Waals surface area contributed by atoms with Crippen LogP contribution in [-0.2, 0) is 4.79 Å². The van der Waals surface area contributed by atoms with Gasteiger partial charge in [0.1, 0.15) is 0 Å². The summed E-state index contributed by atoms with van der Waals surface area (Å²) in [6.07, 6.45) is 2.50. The van der Waals surface area contributed by atoms with Crippen LogP contribution in [0.4, 0.5) is 0 Å². The van der Waals surface area contributed by atoms with Crippen LogP contribution in [0.1, 0.15) is 26.7 Å². The van der Waals surface area contributed by atoms with Crippen LogP contribution in [0.2, 0.25) is 0 Å². The van der Waals surface area contributed by atoms with E-state index in [1.54, 1.807) is 0 Å². The Labute approximate surface area is 96.4 Å². The van der Waals surface area contributed by atoms with Crippen molar-refractivity contribution in [2.24, 2.45) is 0 Å². The highest BCUT2D eigenvalue weighted by atomic mass is 16.4. The molecule has 1 rings (SSSR count). The van der Waals surface area contributed by atoms with Gasteiger partial charge in [0.15, 0.2) is 5.60 Å². The molecular formula is C11H22N2O3. The first-order valence-corrected chi connectivity index (χ1v) is 5.83. The number of likely N-dealkylation sites (tertiary alicyclic amines) is 1. The number of nitrogens with one attached hydrogen (secondary N) is 1. The molecule has 0 aliphatic carbocycles. The molecule has 1 aliphatic rings. The smallest absolute Gasteiger partial charge is 0.336 e. The molecule has 0 radical (unpaired) electrons. The summed E-state index contributed by atoms with van der Waals surface area (Å²) in [5.41, 5.74) is -1.68. The number of aliphatic carboxylic acids is 1. The normalized spacial score (nSPS) is 22.9. The van der Waals surface area contributed by atoms with Gasteiger partial charge in [0.2, 0.25) is 0 Å². The summed E-state index contributed by atoms with van der Waals surface area (Å²) in [5.74, 6) is -1.19. The molecule has 1 saturated heterocycles. The lowest BCUT2D eigenvalue weighted by molar-refractivity contribution is -0.156.